The third-order valence-electron chi connectivity index (χ3n) is 5.18. The van der Waals surface area contributed by atoms with Crippen molar-refractivity contribution in [1.82, 2.24) is 0 Å². The zero-order valence-corrected chi connectivity index (χ0v) is 16.6. The van der Waals surface area contributed by atoms with Crippen molar-refractivity contribution in [2.75, 3.05) is 6.61 Å². The lowest BCUT2D eigenvalue weighted by molar-refractivity contribution is -0.179. The summed E-state index contributed by atoms with van der Waals surface area (Å²) in [6.07, 6.45) is 0.445. The van der Waals surface area contributed by atoms with Gasteiger partial charge < -0.3 is 14.2 Å². The first kappa shape index (κ1) is 19.1. The Morgan fingerprint density at radius 2 is 1.38 bits per heavy atom. The van der Waals surface area contributed by atoms with E-state index < -0.39 is 11.7 Å². The minimum absolute atomic E-state index is 0.299. The Morgan fingerprint density at radius 1 is 0.862 bits per heavy atom. The van der Waals surface area contributed by atoms with Crippen molar-refractivity contribution < 1.29 is 19.0 Å². The molecule has 1 heterocycles. The van der Waals surface area contributed by atoms with Crippen LogP contribution in [0.25, 0.3) is 11.1 Å². The molecule has 29 heavy (non-hydrogen) atoms. The first-order valence-corrected chi connectivity index (χ1v) is 9.88. The molecule has 0 spiro atoms. The predicted octanol–water partition coefficient (Wildman–Crippen LogP) is 5.26. The Labute approximate surface area is 171 Å². The number of para-hydroxylation sites is 2. The molecule has 4 heteroatoms. The van der Waals surface area contributed by atoms with E-state index in [4.69, 9.17) is 14.2 Å². The molecule has 0 saturated heterocycles. The number of benzene rings is 3. The van der Waals surface area contributed by atoms with Crippen LogP contribution in [-0.4, -0.2) is 18.4 Å². The zero-order chi connectivity index (χ0) is 20.3. The second kappa shape index (κ2) is 8.00. The van der Waals surface area contributed by atoms with Crippen LogP contribution in [0.5, 0.6) is 11.5 Å². The molecule has 0 amide bonds. The Hall–Kier alpha value is -3.27. The molecule has 4 rings (SSSR count). The van der Waals surface area contributed by atoms with Gasteiger partial charge in [0.25, 0.3) is 5.79 Å². The molecule has 0 bridgehead atoms. The maximum atomic E-state index is 13.0. The maximum Gasteiger partial charge on any atom is 0.317 e. The Kier molecular flexibility index (Phi) is 5.26. The van der Waals surface area contributed by atoms with E-state index in [2.05, 4.69) is 0 Å². The fraction of sp³-hybridized carbons (Fsp3) is 0.240. The van der Waals surface area contributed by atoms with Crippen LogP contribution in [0.3, 0.4) is 0 Å². The molecule has 1 aliphatic heterocycles. The quantitative estimate of drug-likeness (QED) is 0.559. The molecule has 148 valence electrons. The van der Waals surface area contributed by atoms with E-state index in [-0.39, 0.29) is 5.97 Å². The summed E-state index contributed by atoms with van der Waals surface area (Å²) < 4.78 is 18.2. The zero-order valence-electron chi connectivity index (χ0n) is 16.6. The number of fused-ring (bicyclic) bond motifs is 3. The van der Waals surface area contributed by atoms with Crippen molar-refractivity contribution in [2.24, 2.45) is 5.92 Å². The highest BCUT2D eigenvalue weighted by molar-refractivity contribution is 5.78. The molecule has 0 fully saturated rings. The van der Waals surface area contributed by atoms with Crippen molar-refractivity contribution >= 4 is 5.97 Å². The van der Waals surface area contributed by atoms with E-state index in [1.807, 2.05) is 85.8 Å². The first-order valence-electron chi connectivity index (χ1n) is 9.88. The second-order valence-electron chi connectivity index (χ2n) is 7.21. The topological polar surface area (TPSA) is 44.8 Å². The standard InChI is InChI=1S/C25H24O4/c1-3-27-24(26)21(17-18-11-5-4-6-12-18)25(2)28-22-15-9-7-13-19(22)20-14-8-10-16-23(20)29-25/h4-16,21H,3,17H2,1-2H3. The van der Waals surface area contributed by atoms with E-state index in [9.17, 15) is 4.79 Å². The molecule has 3 aromatic carbocycles. The monoisotopic (exact) mass is 388 g/mol. The van der Waals surface area contributed by atoms with Crippen LogP contribution in [0.4, 0.5) is 0 Å². The minimum Gasteiger partial charge on any atom is -0.466 e. The van der Waals surface area contributed by atoms with E-state index in [1.54, 1.807) is 6.92 Å². The predicted molar refractivity (Wildman–Crippen MR) is 112 cm³/mol. The summed E-state index contributed by atoms with van der Waals surface area (Å²) in [5, 5.41) is 0. The molecule has 1 unspecified atom stereocenters. The number of esters is 1. The fourth-order valence-electron chi connectivity index (χ4n) is 3.73. The van der Waals surface area contributed by atoms with Gasteiger partial charge in [-0.2, -0.15) is 0 Å². The highest BCUT2D eigenvalue weighted by atomic mass is 16.7. The summed E-state index contributed by atoms with van der Waals surface area (Å²) in [7, 11) is 0. The number of hydrogen-bond acceptors (Lipinski definition) is 4. The van der Waals surface area contributed by atoms with Gasteiger partial charge in [-0.1, -0.05) is 66.7 Å². The Morgan fingerprint density at radius 3 is 1.93 bits per heavy atom. The summed E-state index contributed by atoms with van der Waals surface area (Å²) in [4.78, 5) is 13.0. The summed E-state index contributed by atoms with van der Waals surface area (Å²) >= 11 is 0. The summed E-state index contributed by atoms with van der Waals surface area (Å²) in [6.45, 7) is 3.92. The molecule has 3 aromatic rings. The van der Waals surface area contributed by atoms with Gasteiger partial charge in [-0.3, -0.25) is 4.79 Å². The first-order chi connectivity index (χ1) is 14.1. The van der Waals surface area contributed by atoms with Crippen molar-refractivity contribution in [3.63, 3.8) is 0 Å². The second-order valence-corrected chi connectivity index (χ2v) is 7.21. The largest absolute Gasteiger partial charge is 0.466 e. The van der Waals surface area contributed by atoms with Gasteiger partial charge >= 0.3 is 5.97 Å². The highest BCUT2D eigenvalue weighted by Gasteiger charge is 2.47. The number of ether oxygens (including phenoxy) is 3. The molecule has 4 nitrogen and oxygen atoms in total. The molecule has 1 aliphatic rings. The Balaban J connectivity index is 1.80. The van der Waals surface area contributed by atoms with Crippen molar-refractivity contribution in [3.05, 3.63) is 84.4 Å². The average Bonchev–Trinajstić information content (AvgIpc) is 2.86. The van der Waals surface area contributed by atoms with Crippen LogP contribution < -0.4 is 9.47 Å². The maximum absolute atomic E-state index is 13.0. The van der Waals surface area contributed by atoms with E-state index >= 15 is 0 Å². The number of carbonyl (C=O) groups is 1. The van der Waals surface area contributed by atoms with Crippen molar-refractivity contribution in [2.45, 2.75) is 26.1 Å². The summed E-state index contributed by atoms with van der Waals surface area (Å²) in [5.41, 5.74) is 2.90. The SMILES string of the molecule is CCOC(=O)C(Cc1ccccc1)C1(C)Oc2ccccc2-c2ccccc2O1. The van der Waals surface area contributed by atoms with Crippen molar-refractivity contribution in [1.29, 1.82) is 0 Å². The number of carbonyl (C=O) groups excluding carboxylic acids is 1. The minimum atomic E-state index is -1.23. The van der Waals surface area contributed by atoms with Crippen molar-refractivity contribution in [3.8, 4) is 22.6 Å². The number of hydrogen-bond donors (Lipinski definition) is 0. The highest BCUT2D eigenvalue weighted by Crippen LogP contribution is 2.44. The van der Waals surface area contributed by atoms with Gasteiger partial charge in [0.2, 0.25) is 0 Å². The summed E-state index contributed by atoms with van der Waals surface area (Å²) in [6, 6.07) is 25.4. The molecule has 1 atom stereocenters. The summed E-state index contributed by atoms with van der Waals surface area (Å²) in [5.74, 6) is -0.852. The Bertz CT molecular complexity index is 949. The van der Waals surface area contributed by atoms with Gasteiger partial charge in [0.05, 0.1) is 6.61 Å². The molecule has 0 saturated carbocycles. The van der Waals surface area contributed by atoms with E-state index in [0.717, 1.165) is 16.7 Å². The molecule has 0 radical (unpaired) electrons. The molecular formula is C25H24O4. The normalized spacial score (nSPS) is 15.0. The van der Waals surface area contributed by atoms with Crippen LogP contribution in [0.2, 0.25) is 0 Å². The van der Waals surface area contributed by atoms with Crippen LogP contribution >= 0.6 is 0 Å². The van der Waals surface area contributed by atoms with E-state index in [0.29, 0.717) is 24.5 Å². The van der Waals surface area contributed by atoms with Crippen LogP contribution in [0, 0.1) is 5.92 Å². The lowest BCUT2D eigenvalue weighted by Gasteiger charge is -2.35. The van der Waals surface area contributed by atoms with Crippen LogP contribution in [-0.2, 0) is 16.0 Å². The van der Waals surface area contributed by atoms with Gasteiger partial charge in [-0.25, -0.2) is 0 Å². The van der Waals surface area contributed by atoms with Gasteiger partial charge in [-0.15, -0.1) is 0 Å². The van der Waals surface area contributed by atoms with Crippen LogP contribution in [0.1, 0.15) is 19.4 Å². The van der Waals surface area contributed by atoms with Gasteiger partial charge in [0, 0.05) is 18.1 Å². The van der Waals surface area contributed by atoms with Gasteiger partial charge in [0.1, 0.15) is 17.4 Å². The van der Waals surface area contributed by atoms with Crippen LogP contribution in [0.15, 0.2) is 78.9 Å². The lowest BCUT2D eigenvalue weighted by Crippen LogP contribution is -2.51. The smallest absolute Gasteiger partial charge is 0.317 e. The molecule has 0 aliphatic carbocycles. The van der Waals surface area contributed by atoms with E-state index in [1.165, 1.54) is 0 Å². The molecular weight excluding hydrogens is 364 g/mol. The lowest BCUT2D eigenvalue weighted by atomic mass is 9.91. The molecule has 0 aromatic heterocycles. The third kappa shape index (κ3) is 3.83. The number of rotatable bonds is 5. The van der Waals surface area contributed by atoms with Gasteiger partial charge in [-0.05, 0) is 31.0 Å². The average molecular weight is 388 g/mol. The molecule has 0 N–H and O–H groups in total. The van der Waals surface area contributed by atoms with Gasteiger partial charge in [0.15, 0.2) is 0 Å². The third-order valence-corrected chi connectivity index (χ3v) is 5.18. The fourth-order valence-corrected chi connectivity index (χ4v) is 3.73.